The van der Waals surface area contributed by atoms with Gasteiger partial charge in [-0.2, -0.15) is 0 Å². The molecule has 0 radical (unpaired) electrons. The Kier molecular flexibility index (Phi) is 7.96. The van der Waals surface area contributed by atoms with Crippen molar-refractivity contribution in [2.24, 2.45) is 0 Å². The van der Waals surface area contributed by atoms with Gasteiger partial charge in [-0.3, -0.25) is 0 Å². The van der Waals surface area contributed by atoms with Crippen LogP contribution in [0.25, 0.3) is 44.5 Å². The molecule has 3 heteroatoms. The highest BCUT2D eigenvalue weighted by atomic mass is 15.2. The lowest BCUT2D eigenvalue weighted by molar-refractivity contribution is 1.25. The number of nitrogens with zero attached hydrogens (tertiary/aromatic N) is 2. The van der Waals surface area contributed by atoms with Crippen LogP contribution in [0.5, 0.6) is 0 Å². The van der Waals surface area contributed by atoms with E-state index in [4.69, 9.17) is 0 Å². The maximum absolute atomic E-state index is 2.52. The SMILES string of the molecule is c1ccc(-c2cccc(N3c4ccc(-c5ccccc5)cc4B4c5cc(-c6ccccc6)ccc5N(c5ccccc5-c5ccccc5)c5cccc3c54)c2)cc1. The number of rotatable bonds is 6. The number of para-hydroxylation sites is 1. The summed E-state index contributed by atoms with van der Waals surface area (Å²) in [6, 6.07) is 82.0. The van der Waals surface area contributed by atoms with Gasteiger partial charge >= 0.3 is 0 Å². The van der Waals surface area contributed by atoms with E-state index in [2.05, 4.69) is 234 Å². The summed E-state index contributed by atoms with van der Waals surface area (Å²) in [6.45, 7) is -0.0118. The molecule has 57 heavy (non-hydrogen) atoms. The summed E-state index contributed by atoms with van der Waals surface area (Å²) in [6.07, 6.45) is 0. The molecule has 9 aromatic carbocycles. The number of hydrogen-bond acceptors (Lipinski definition) is 2. The summed E-state index contributed by atoms with van der Waals surface area (Å²) >= 11 is 0. The van der Waals surface area contributed by atoms with Gasteiger partial charge in [-0.1, -0.05) is 182 Å². The lowest BCUT2D eigenvalue weighted by Gasteiger charge is -2.44. The Labute approximate surface area is 334 Å². The fourth-order valence-corrected chi connectivity index (χ4v) is 9.09. The van der Waals surface area contributed by atoms with Crippen molar-refractivity contribution >= 4 is 57.2 Å². The van der Waals surface area contributed by atoms with Crippen LogP contribution in [0.2, 0.25) is 0 Å². The van der Waals surface area contributed by atoms with Crippen LogP contribution in [0, 0.1) is 0 Å². The van der Waals surface area contributed by atoms with Crippen LogP contribution >= 0.6 is 0 Å². The van der Waals surface area contributed by atoms with Crippen molar-refractivity contribution in [3.63, 3.8) is 0 Å². The maximum atomic E-state index is 2.52. The Morgan fingerprint density at radius 1 is 0.263 bits per heavy atom. The van der Waals surface area contributed by atoms with Crippen molar-refractivity contribution in [1.29, 1.82) is 0 Å². The second-order valence-corrected chi connectivity index (χ2v) is 14.9. The Balaban J connectivity index is 1.21. The molecule has 9 aromatic rings. The Hall–Kier alpha value is -7.36. The summed E-state index contributed by atoms with van der Waals surface area (Å²) in [7, 11) is 0. The van der Waals surface area contributed by atoms with Gasteiger partial charge in [0.05, 0.1) is 5.69 Å². The van der Waals surface area contributed by atoms with Gasteiger partial charge in [0.25, 0.3) is 6.71 Å². The first-order valence-corrected chi connectivity index (χ1v) is 19.7. The molecule has 0 bridgehead atoms. The highest BCUT2D eigenvalue weighted by Crippen LogP contribution is 2.47. The monoisotopic (exact) mass is 724 g/mol. The van der Waals surface area contributed by atoms with Crippen molar-refractivity contribution in [2.75, 3.05) is 9.80 Å². The smallest absolute Gasteiger partial charge is 0.252 e. The largest absolute Gasteiger partial charge is 0.311 e. The topological polar surface area (TPSA) is 6.48 Å². The predicted molar refractivity (Wildman–Crippen MR) is 242 cm³/mol. The van der Waals surface area contributed by atoms with Crippen molar-refractivity contribution in [3.05, 3.63) is 224 Å². The molecule has 0 spiro atoms. The third-order valence-electron chi connectivity index (χ3n) is 11.6. The Morgan fingerprint density at radius 3 is 1.26 bits per heavy atom. The molecule has 11 rings (SSSR count). The fourth-order valence-electron chi connectivity index (χ4n) is 9.09. The molecule has 266 valence electrons. The van der Waals surface area contributed by atoms with E-state index >= 15 is 0 Å². The van der Waals surface area contributed by atoms with Crippen LogP contribution in [0.1, 0.15) is 0 Å². The van der Waals surface area contributed by atoms with Gasteiger partial charge in [0.1, 0.15) is 0 Å². The van der Waals surface area contributed by atoms with E-state index in [0.29, 0.717) is 0 Å². The van der Waals surface area contributed by atoms with Crippen LogP contribution in [-0.2, 0) is 0 Å². The quantitative estimate of drug-likeness (QED) is 0.158. The lowest BCUT2D eigenvalue weighted by atomic mass is 9.33. The van der Waals surface area contributed by atoms with Crippen LogP contribution in [0.4, 0.5) is 34.1 Å². The van der Waals surface area contributed by atoms with Gasteiger partial charge in [0.2, 0.25) is 0 Å². The van der Waals surface area contributed by atoms with Crippen molar-refractivity contribution in [3.8, 4) is 44.5 Å². The molecular weight excluding hydrogens is 687 g/mol. The first kappa shape index (κ1) is 33.0. The van der Waals surface area contributed by atoms with Crippen LogP contribution in [0.3, 0.4) is 0 Å². The standard InChI is InChI=1S/C54H37BN2/c1-5-17-38(18-6-1)42-25-15-26-45(35-42)56-50-33-31-43(39-19-7-2-8-20-39)36-47(50)55-48-37-44(40-21-9-3-10-22-40)32-34-51(48)57(53-30-16-29-52(56)54(53)55)49-28-14-13-27-46(49)41-23-11-4-12-24-41/h1-37H. The Morgan fingerprint density at radius 2 is 0.684 bits per heavy atom. The molecule has 0 atom stereocenters. The third kappa shape index (κ3) is 5.59. The van der Waals surface area contributed by atoms with E-state index in [1.807, 2.05) is 0 Å². The second kappa shape index (κ2) is 13.7. The van der Waals surface area contributed by atoms with Gasteiger partial charge in [-0.05, 0) is 97.8 Å². The summed E-state index contributed by atoms with van der Waals surface area (Å²) in [5.41, 5.74) is 20.6. The maximum Gasteiger partial charge on any atom is 0.252 e. The predicted octanol–water partition coefficient (Wildman–Crippen LogP) is 12.4. The molecule has 2 aliphatic rings. The van der Waals surface area contributed by atoms with Gasteiger partial charge in [-0.25, -0.2) is 0 Å². The molecule has 0 N–H and O–H groups in total. The van der Waals surface area contributed by atoms with Crippen LogP contribution < -0.4 is 26.2 Å². The van der Waals surface area contributed by atoms with Crippen LogP contribution in [-0.4, -0.2) is 6.71 Å². The van der Waals surface area contributed by atoms with E-state index < -0.39 is 0 Å². The number of anilines is 6. The summed E-state index contributed by atoms with van der Waals surface area (Å²) in [5, 5.41) is 0. The molecule has 2 heterocycles. The fraction of sp³-hybridized carbons (Fsp3) is 0. The molecule has 0 aromatic heterocycles. The number of hydrogen-bond donors (Lipinski definition) is 0. The second-order valence-electron chi connectivity index (χ2n) is 14.9. The van der Waals surface area contributed by atoms with Gasteiger partial charge < -0.3 is 9.80 Å². The molecule has 0 amide bonds. The minimum Gasteiger partial charge on any atom is -0.311 e. The van der Waals surface area contributed by atoms with Crippen LogP contribution in [0.15, 0.2) is 224 Å². The van der Waals surface area contributed by atoms with Crippen molar-refractivity contribution in [1.82, 2.24) is 0 Å². The molecule has 0 saturated carbocycles. The van der Waals surface area contributed by atoms with Crippen molar-refractivity contribution < 1.29 is 0 Å². The van der Waals surface area contributed by atoms with E-state index in [0.717, 1.165) is 11.4 Å². The van der Waals surface area contributed by atoms with Gasteiger partial charge in [-0.15, -0.1) is 0 Å². The summed E-state index contributed by atoms with van der Waals surface area (Å²) < 4.78 is 0. The lowest BCUT2D eigenvalue weighted by Crippen LogP contribution is -2.61. The van der Waals surface area contributed by atoms with E-state index in [1.165, 1.54) is 83.6 Å². The highest BCUT2D eigenvalue weighted by Gasteiger charge is 2.43. The first-order valence-electron chi connectivity index (χ1n) is 19.7. The Bertz CT molecular complexity index is 2910. The molecule has 0 aliphatic carbocycles. The van der Waals surface area contributed by atoms with E-state index in [1.54, 1.807) is 0 Å². The summed E-state index contributed by atoms with van der Waals surface area (Å²) in [4.78, 5) is 5.02. The molecule has 0 unspecified atom stereocenters. The molecular formula is C54H37BN2. The van der Waals surface area contributed by atoms with E-state index in [9.17, 15) is 0 Å². The zero-order chi connectivity index (χ0) is 37.7. The molecule has 2 nitrogen and oxygen atoms in total. The molecule has 0 fully saturated rings. The zero-order valence-electron chi connectivity index (χ0n) is 31.3. The third-order valence-corrected chi connectivity index (χ3v) is 11.6. The molecule has 0 saturated heterocycles. The molecule has 2 aliphatic heterocycles. The minimum atomic E-state index is -0.0118. The van der Waals surface area contributed by atoms with Crippen molar-refractivity contribution in [2.45, 2.75) is 0 Å². The number of fused-ring (bicyclic) bond motifs is 4. The zero-order valence-corrected chi connectivity index (χ0v) is 31.3. The van der Waals surface area contributed by atoms with E-state index in [-0.39, 0.29) is 6.71 Å². The number of benzene rings is 9. The first-order chi connectivity index (χ1) is 28.3. The summed E-state index contributed by atoms with van der Waals surface area (Å²) in [5.74, 6) is 0. The minimum absolute atomic E-state index is 0.0118. The van der Waals surface area contributed by atoms with Gasteiger partial charge in [0, 0.05) is 34.0 Å². The highest BCUT2D eigenvalue weighted by molar-refractivity contribution is 7.00. The average Bonchev–Trinajstić information content (AvgIpc) is 3.30. The normalized spacial score (nSPS) is 12.5. The van der Waals surface area contributed by atoms with Gasteiger partial charge in [0.15, 0.2) is 0 Å². The average molecular weight is 725 g/mol.